The van der Waals surface area contributed by atoms with Crippen molar-refractivity contribution >= 4 is 60.9 Å². The molecule has 9 aromatic rings. The predicted molar refractivity (Wildman–Crippen MR) is 187 cm³/mol. The number of nitrogens with zero attached hydrogens (tertiary/aromatic N) is 1. The van der Waals surface area contributed by atoms with Gasteiger partial charge in [0.25, 0.3) is 0 Å². The smallest absolute Gasteiger partial charge is 0.160 e. The van der Waals surface area contributed by atoms with E-state index in [-0.39, 0.29) is 0 Å². The molecule has 2 aromatic heterocycles. The fraction of sp³-hybridized carbons (Fsp3) is 0. The number of benzene rings is 7. The summed E-state index contributed by atoms with van der Waals surface area (Å²) in [6.07, 6.45) is 0. The van der Waals surface area contributed by atoms with Gasteiger partial charge in [0, 0.05) is 27.2 Å². The number of hydrogen-bond donors (Lipinski definition) is 0. The number of hydrogen-bond acceptors (Lipinski definition) is 3. The van der Waals surface area contributed by atoms with E-state index in [1.54, 1.807) is 0 Å². The molecular formula is C42H27NO2. The molecule has 7 aromatic carbocycles. The van der Waals surface area contributed by atoms with E-state index in [0.717, 1.165) is 83.2 Å². The number of anilines is 3. The second kappa shape index (κ2) is 10.3. The van der Waals surface area contributed by atoms with Gasteiger partial charge in [-0.25, -0.2) is 0 Å². The van der Waals surface area contributed by atoms with Crippen molar-refractivity contribution in [2.45, 2.75) is 0 Å². The molecule has 0 fully saturated rings. The molecule has 0 spiro atoms. The summed E-state index contributed by atoms with van der Waals surface area (Å²) in [5.74, 6) is 0. The molecule has 0 saturated heterocycles. The van der Waals surface area contributed by atoms with Gasteiger partial charge in [-0.05, 0) is 58.7 Å². The van der Waals surface area contributed by atoms with Gasteiger partial charge in [0.15, 0.2) is 11.2 Å². The van der Waals surface area contributed by atoms with Gasteiger partial charge in [-0.1, -0.05) is 127 Å². The molecule has 0 saturated carbocycles. The quantitative estimate of drug-likeness (QED) is 0.204. The summed E-state index contributed by atoms with van der Waals surface area (Å²) in [5.41, 5.74) is 10.9. The molecule has 0 radical (unpaired) electrons. The summed E-state index contributed by atoms with van der Waals surface area (Å²) in [4.78, 5) is 2.29. The van der Waals surface area contributed by atoms with Crippen LogP contribution in [0.3, 0.4) is 0 Å². The van der Waals surface area contributed by atoms with E-state index in [2.05, 4.69) is 144 Å². The van der Waals surface area contributed by atoms with Crippen molar-refractivity contribution in [2.75, 3.05) is 4.90 Å². The predicted octanol–water partition coefficient (Wildman–Crippen LogP) is 12.3. The molecule has 0 aliphatic heterocycles. The standard InChI is InChI=1S/C42H27NO2/c1-3-13-28(14-4-1)30-17-11-18-31(27-30)43(36-22-12-21-34-33-19-7-9-23-38(33)44-41(34)36)37-26-25-32(29-15-5-2-6-16-29)40-35-20-8-10-24-39(35)45-42(37)40/h1-27H. The lowest BCUT2D eigenvalue weighted by atomic mass is 9.98. The molecule has 3 heteroatoms. The molecule has 212 valence electrons. The van der Waals surface area contributed by atoms with E-state index in [0.29, 0.717) is 0 Å². The summed E-state index contributed by atoms with van der Waals surface area (Å²) in [6.45, 7) is 0. The highest BCUT2D eigenvalue weighted by molar-refractivity contribution is 6.18. The molecule has 0 aliphatic carbocycles. The maximum atomic E-state index is 6.78. The van der Waals surface area contributed by atoms with Crippen LogP contribution in [0, 0.1) is 0 Å². The van der Waals surface area contributed by atoms with Crippen LogP contribution in [0.25, 0.3) is 66.1 Å². The van der Waals surface area contributed by atoms with E-state index in [1.165, 1.54) is 0 Å². The minimum absolute atomic E-state index is 0.829. The third-order valence-electron chi connectivity index (χ3n) is 8.67. The van der Waals surface area contributed by atoms with Crippen molar-refractivity contribution in [1.29, 1.82) is 0 Å². The zero-order chi connectivity index (χ0) is 29.7. The molecule has 3 nitrogen and oxygen atoms in total. The Morgan fingerprint density at radius 1 is 0.378 bits per heavy atom. The second-order valence-corrected chi connectivity index (χ2v) is 11.3. The van der Waals surface area contributed by atoms with Gasteiger partial charge in [-0.3, -0.25) is 0 Å². The molecule has 0 atom stereocenters. The molecule has 0 bridgehead atoms. The van der Waals surface area contributed by atoms with Crippen molar-refractivity contribution < 1.29 is 8.83 Å². The molecule has 2 heterocycles. The largest absolute Gasteiger partial charge is 0.454 e. The Morgan fingerprint density at radius 3 is 1.76 bits per heavy atom. The van der Waals surface area contributed by atoms with Crippen molar-refractivity contribution in [3.8, 4) is 22.3 Å². The minimum Gasteiger partial charge on any atom is -0.454 e. The van der Waals surface area contributed by atoms with Gasteiger partial charge in [0.2, 0.25) is 0 Å². The Bertz CT molecular complexity index is 2490. The van der Waals surface area contributed by atoms with E-state index in [4.69, 9.17) is 8.83 Å². The summed E-state index contributed by atoms with van der Waals surface area (Å²) >= 11 is 0. The van der Waals surface area contributed by atoms with Gasteiger partial charge in [-0.2, -0.15) is 0 Å². The summed E-state index contributed by atoms with van der Waals surface area (Å²) < 4.78 is 13.4. The Balaban J connectivity index is 1.37. The third kappa shape index (κ3) is 4.13. The highest BCUT2D eigenvalue weighted by Gasteiger charge is 2.25. The van der Waals surface area contributed by atoms with Crippen LogP contribution in [0.4, 0.5) is 17.1 Å². The van der Waals surface area contributed by atoms with Crippen LogP contribution in [0.2, 0.25) is 0 Å². The van der Waals surface area contributed by atoms with Crippen LogP contribution in [0.5, 0.6) is 0 Å². The SMILES string of the molecule is c1ccc(-c2cccc(N(c3cccc4c3oc3ccccc34)c3ccc(-c4ccccc4)c4c3oc3ccccc34)c2)cc1. The van der Waals surface area contributed by atoms with Crippen LogP contribution in [0.15, 0.2) is 173 Å². The first-order chi connectivity index (χ1) is 22.3. The summed E-state index contributed by atoms with van der Waals surface area (Å²) in [7, 11) is 0. The first kappa shape index (κ1) is 25.4. The maximum Gasteiger partial charge on any atom is 0.160 e. The van der Waals surface area contributed by atoms with E-state index in [9.17, 15) is 0 Å². The van der Waals surface area contributed by atoms with Gasteiger partial charge in [0.05, 0.1) is 11.4 Å². The Kier molecular flexibility index (Phi) is 5.82. The van der Waals surface area contributed by atoms with Gasteiger partial charge >= 0.3 is 0 Å². The fourth-order valence-corrected chi connectivity index (χ4v) is 6.62. The first-order valence-corrected chi connectivity index (χ1v) is 15.2. The van der Waals surface area contributed by atoms with Crippen molar-refractivity contribution in [3.05, 3.63) is 164 Å². The lowest BCUT2D eigenvalue weighted by Crippen LogP contribution is -2.11. The van der Waals surface area contributed by atoms with Gasteiger partial charge in [-0.15, -0.1) is 0 Å². The fourth-order valence-electron chi connectivity index (χ4n) is 6.62. The number of rotatable bonds is 5. The Morgan fingerprint density at radius 2 is 0.956 bits per heavy atom. The lowest BCUT2D eigenvalue weighted by molar-refractivity contribution is 0.666. The zero-order valence-corrected chi connectivity index (χ0v) is 24.4. The molecule has 0 N–H and O–H groups in total. The highest BCUT2D eigenvalue weighted by atomic mass is 16.3. The molecule has 0 unspecified atom stereocenters. The summed E-state index contributed by atoms with van der Waals surface area (Å²) in [6, 6.07) is 57.1. The lowest BCUT2D eigenvalue weighted by Gasteiger charge is -2.26. The molecular weight excluding hydrogens is 550 g/mol. The van der Waals surface area contributed by atoms with Crippen LogP contribution in [0.1, 0.15) is 0 Å². The maximum absolute atomic E-state index is 6.78. The highest BCUT2D eigenvalue weighted by Crippen LogP contribution is 2.48. The van der Waals surface area contributed by atoms with Gasteiger partial charge < -0.3 is 13.7 Å². The Hall–Kier alpha value is -6.06. The third-order valence-corrected chi connectivity index (χ3v) is 8.67. The average molecular weight is 578 g/mol. The number of furan rings is 2. The normalized spacial score (nSPS) is 11.6. The van der Waals surface area contributed by atoms with Crippen LogP contribution in [-0.2, 0) is 0 Å². The van der Waals surface area contributed by atoms with Crippen molar-refractivity contribution in [1.82, 2.24) is 0 Å². The molecule has 0 amide bonds. The second-order valence-electron chi connectivity index (χ2n) is 11.3. The van der Waals surface area contributed by atoms with E-state index >= 15 is 0 Å². The van der Waals surface area contributed by atoms with Crippen LogP contribution >= 0.6 is 0 Å². The van der Waals surface area contributed by atoms with Crippen LogP contribution in [-0.4, -0.2) is 0 Å². The number of para-hydroxylation sites is 3. The molecule has 45 heavy (non-hydrogen) atoms. The topological polar surface area (TPSA) is 29.5 Å². The minimum atomic E-state index is 0.829. The molecule has 0 aliphatic rings. The Labute approximate surface area is 260 Å². The average Bonchev–Trinajstić information content (AvgIpc) is 3.69. The van der Waals surface area contributed by atoms with Crippen molar-refractivity contribution in [2.24, 2.45) is 0 Å². The van der Waals surface area contributed by atoms with E-state index < -0.39 is 0 Å². The van der Waals surface area contributed by atoms with E-state index in [1.807, 2.05) is 24.3 Å². The van der Waals surface area contributed by atoms with Crippen LogP contribution < -0.4 is 4.90 Å². The first-order valence-electron chi connectivity index (χ1n) is 15.2. The summed E-state index contributed by atoms with van der Waals surface area (Å²) in [5, 5.41) is 4.36. The zero-order valence-electron chi connectivity index (χ0n) is 24.4. The number of fused-ring (bicyclic) bond motifs is 6. The monoisotopic (exact) mass is 577 g/mol. The van der Waals surface area contributed by atoms with Gasteiger partial charge in [0.1, 0.15) is 11.2 Å². The van der Waals surface area contributed by atoms with Crippen molar-refractivity contribution in [3.63, 3.8) is 0 Å². The molecule has 9 rings (SSSR count).